The van der Waals surface area contributed by atoms with E-state index in [1.807, 2.05) is 7.05 Å². The quantitative estimate of drug-likeness (QED) is 0.863. The Balaban J connectivity index is 1.97. The molecule has 0 bridgehead atoms. The number of likely N-dealkylation sites (N-methyl/N-ethyl adjacent to an activating group) is 2. The Bertz CT molecular complexity index is 415. The van der Waals surface area contributed by atoms with Gasteiger partial charge in [-0.15, -0.1) is 0 Å². The zero-order valence-corrected chi connectivity index (χ0v) is 11.9. The molecule has 18 heavy (non-hydrogen) atoms. The molecular weight excluding hydrogens is 224 g/mol. The van der Waals surface area contributed by atoms with Crippen LogP contribution in [-0.2, 0) is 13.0 Å². The van der Waals surface area contributed by atoms with Crippen molar-refractivity contribution in [3.8, 4) is 5.75 Å². The van der Waals surface area contributed by atoms with E-state index in [9.17, 15) is 0 Å². The largest absolute Gasteiger partial charge is 0.493 e. The van der Waals surface area contributed by atoms with Gasteiger partial charge >= 0.3 is 0 Å². The minimum Gasteiger partial charge on any atom is -0.493 e. The third kappa shape index (κ3) is 3.24. The summed E-state index contributed by atoms with van der Waals surface area (Å²) in [5.74, 6) is 1.07. The highest BCUT2D eigenvalue weighted by molar-refractivity contribution is 5.39. The summed E-state index contributed by atoms with van der Waals surface area (Å²) < 4.78 is 5.53. The summed E-state index contributed by atoms with van der Waals surface area (Å²) in [6, 6.07) is 6.56. The van der Waals surface area contributed by atoms with Gasteiger partial charge in [-0.2, -0.15) is 0 Å². The van der Waals surface area contributed by atoms with Crippen LogP contribution in [-0.4, -0.2) is 37.7 Å². The van der Waals surface area contributed by atoms with Gasteiger partial charge in [0.25, 0.3) is 0 Å². The number of nitrogens with one attached hydrogen (secondary N) is 1. The second-order valence-electron chi connectivity index (χ2n) is 5.85. The van der Waals surface area contributed by atoms with E-state index in [0.29, 0.717) is 0 Å². The molecule has 0 fully saturated rings. The highest BCUT2D eigenvalue weighted by Gasteiger charge is 2.18. The third-order valence-electron chi connectivity index (χ3n) is 3.55. The summed E-state index contributed by atoms with van der Waals surface area (Å²) in [6.07, 6.45) is 1.05. The second kappa shape index (κ2) is 5.29. The van der Waals surface area contributed by atoms with Gasteiger partial charge in [-0.05, 0) is 45.1 Å². The molecule has 1 aliphatic rings. The molecule has 0 saturated heterocycles. The monoisotopic (exact) mass is 248 g/mol. The van der Waals surface area contributed by atoms with Crippen molar-refractivity contribution in [1.29, 1.82) is 0 Å². The molecule has 1 aromatic rings. The molecule has 2 rings (SSSR count). The number of rotatable bonds is 5. The summed E-state index contributed by atoms with van der Waals surface area (Å²) in [4.78, 5) is 2.36. The van der Waals surface area contributed by atoms with E-state index in [1.54, 1.807) is 0 Å². The molecule has 1 aliphatic heterocycles. The maximum atomic E-state index is 5.53. The molecule has 1 aromatic carbocycles. The van der Waals surface area contributed by atoms with Crippen LogP contribution < -0.4 is 10.1 Å². The van der Waals surface area contributed by atoms with Crippen molar-refractivity contribution >= 4 is 0 Å². The molecule has 0 unspecified atom stereocenters. The zero-order chi connectivity index (χ0) is 13.2. The van der Waals surface area contributed by atoms with E-state index < -0.39 is 0 Å². The van der Waals surface area contributed by atoms with E-state index in [-0.39, 0.29) is 5.54 Å². The second-order valence-corrected chi connectivity index (χ2v) is 5.85. The van der Waals surface area contributed by atoms with Crippen molar-refractivity contribution in [2.24, 2.45) is 0 Å². The predicted octanol–water partition coefficient (Wildman–Crippen LogP) is 2.05. The maximum Gasteiger partial charge on any atom is 0.122 e. The van der Waals surface area contributed by atoms with E-state index in [1.165, 1.54) is 11.1 Å². The van der Waals surface area contributed by atoms with Gasteiger partial charge in [-0.25, -0.2) is 0 Å². The fraction of sp³-hybridized carbons (Fsp3) is 0.600. The molecule has 0 spiro atoms. The molecule has 0 aliphatic carbocycles. The molecule has 0 aromatic heterocycles. The number of hydrogen-bond acceptors (Lipinski definition) is 3. The van der Waals surface area contributed by atoms with Gasteiger partial charge in [-0.3, -0.25) is 0 Å². The lowest BCUT2D eigenvalue weighted by molar-refractivity contribution is 0.238. The smallest absolute Gasteiger partial charge is 0.122 e. The molecule has 1 heterocycles. The first-order chi connectivity index (χ1) is 8.50. The van der Waals surface area contributed by atoms with Crippen molar-refractivity contribution in [2.75, 3.05) is 27.2 Å². The highest BCUT2D eigenvalue weighted by atomic mass is 16.5. The van der Waals surface area contributed by atoms with Gasteiger partial charge in [0, 0.05) is 25.0 Å². The first-order valence-electron chi connectivity index (χ1n) is 6.62. The van der Waals surface area contributed by atoms with E-state index in [2.05, 4.69) is 49.3 Å². The summed E-state index contributed by atoms with van der Waals surface area (Å²) in [5, 5.41) is 3.34. The van der Waals surface area contributed by atoms with Crippen LogP contribution in [0.4, 0.5) is 0 Å². The number of benzene rings is 1. The van der Waals surface area contributed by atoms with E-state index in [4.69, 9.17) is 4.74 Å². The SMILES string of the molecule is CNC(C)(C)CN(C)Cc1ccc2c(c1)CCO2. The summed E-state index contributed by atoms with van der Waals surface area (Å²) >= 11 is 0. The van der Waals surface area contributed by atoms with Gasteiger partial charge in [0.2, 0.25) is 0 Å². The first kappa shape index (κ1) is 13.4. The molecule has 0 radical (unpaired) electrons. The molecule has 0 saturated carbocycles. The molecule has 3 nitrogen and oxygen atoms in total. The van der Waals surface area contributed by atoms with Crippen LogP contribution in [0.3, 0.4) is 0 Å². The molecule has 1 N–H and O–H groups in total. The molecule has 0 amide bonds. The van der Waals surface area contributed by atoms with Gasteiger partial charge in [0.15, 0.2) is 0 Å². The van der Waals surface area contributed by atoms with Crippen molar-refractivity contribution < 1.29 is 4.74 Å². The van der Waals surface area contributed by atoms with E-state index >= 15 is 0 Å². The Morgan fingerprint density at radius 2 is 2.17 bits per heavy atom. The topological polar surface area (TPSA) is 24.5 Å². The van der Waals surface area contributed by atoms with Crippen LogP contribution in [0.2, 0.25) is 0 Å². The Labute approximate surface area is 110 Å². The normalized spacial score (nSPS) is 14.7. The first-order valence-corrected chi connectivity index (χ1v) is 6.62. The summed E-state index contributed by atoms with van der Waals surface area (Å²) in [7, 11) is 4.18. The average Bonchev–Trinajstić information content (AvgIpc) is 2.75. The van der Waals surface area contributed by atoms with Crippen LogP contribution in [0.15, 0.2) is 18.2 Å². The van der Waals surface area contributed by atoms with Crippen molar-refractivity contribution in [3.63, 3.8) is 0 Å². The lowest BCUT2D eigenvalue weighted by atomic mass is 10.0. The fourth-order valence-corrected chi connectivity index (χ4v) is 2.46. The minimum atomic E-state index is 0.147. The lowest BCUT2D eigenvalue weighted by Gasteiger charge is -2.30. The number of hydrogen-bond donors (Lipinski definition) is 1. The summed E-state index contributed by atoms with van der Waals surface area (Å²) in [6.45, 7) is 7.29. The number of fused-ring (bicyclic) bond motifs is 1. The molecule has 0 atom stereocenters. The van der Waals surface area contributed by atoms with Crippen molar-refractivity contribution in [2.45, 2.75) is 32.4 Å². The van der Waals surface area contributed by atoms with Crippen LogP contribution in [0.25, 0.3) is 0 Å². The Kier molecular flexibility index (Phi) is 3.93. The van der Waals surface area contributed by atoms with Gasteiger partial charge in [0.1, 0.15) is 5.75 Å². The highest BCUT2D eigenvalue weighted by Crippen LogP contribution is 2.26. The predicted molar refractivity (Wildman–Crippen MR) is 75.1 cm³/mol. The Hall–Kier alpha value is -1.06. The van der Waals surface area contributed by atoms with Crippen LogP contribution in [0.5, 0.6) is 5.75 Å². The Morgan fingerprint density at radius 1 is 1.39 bits per heavy atom. The standard InChI is InChI=1S/C15H24N2O/c1-15(2,16-3)11-17(4)10-12-5-6-14-13(9-12)7-8-18-14/h5-6,9,16H,7-8,10-11H2,1-4H3. The van der Waals surface area contributed by atoms with Crippen LogP contribution in [0, 0.1) is 0 Å². The van der Waals surface area contributed by atoms with E-state index in [0.717, 1.165) is 31.9 Å². The van der Waals surface area contributed by atoms with Gasteiger partial charge < -0.3 is 15.0 Å². The minimum absolute atomic E-state index is 0.147. The van der Waals surface area contributed by atoms with Crippen molar-refractivity contribution in [1.82, 2.24) is 10.2 Å². The lowest BCUT2D eigenvalue weighted by Crippen LogP contribution is -2.46. The third-order valence-corrected chi connectivity index (χ3v) is 3.55. The molecular formula is C15H24N2O. The number of nitrogens with zero attached hydrogens (tertiary/aromatic N) is 1. The molecule has 3 heteroatoms. The summed E-state index contributed by atoms with van der Waals surface area (Å²) in [5.41, 5.74) is 2.87. The van der Waals surface area contributed by atoms with Crippen LogP contribution in [0.1, 0.15) is 25.0 Å². The number of ether oxygens (including phenoxy) is 1. The maximum absolute atomic E-state index is 5.53. The van der Waals surface area contributed by atoms with Crippen LogP contribution >= 0.6 is 0 Å². The average molecular weight is 248 g/mol. The van der Waals surface area contributed by atoms with Crippen molar-refractivity contribution in [3.05, 3.63) is 29.3 Å². The zero-order valence-electron chi connectivity index (χ0n) is 11.9. The Morgan fingerprint density at radius 3 is 2.89 bits per heavy atom. The van der Waals surface area contributed by atoms with Gasteiger partial charge in [-0.1, -0.05) is 12.1 Å². The molecule has 100 valence electrons. The fourth-order valence-electron chi connectivity index (χ4n) is 2.46. The van der Waals surface area contributed by atoms with Gasteiger partial charge in [0.05, 0.1) is 6.61 Å².